The molecule has 1 aromatic carbocycles. The third kappa shape index (κ3) is 4.36. The van der Waals surface area contributed by atoms with E-state index in [1.807, 2.05) is 41.8 Å². The molecule has 2 N–H and O–H groups in total. The second kappa shape index (κ2) is 8.48. The number of nitrogens with one attached hydrogen (secondary N) is 2. The summed E-state index contributed by atoms with van der Waals surface area (Å²) in [5, 5.41) is 12.8. The summed E-state index contributed by atoms with van der Waals surface area (Å²) >= 11 is 1.62. The number of hydrogen-bond acceptors (Lipinski definition) is 5. The van der Waals surface area contributed by atoms with Crippen LogP contribution in [0.15, 0.2) is 47.8 Å². The van der Waals surface area contributed by atoms with Crippen LogP contribution in [0.25, 0.3) is 11.3 Å². The van der Waals surface area contributed by atoms with E-state index in [9.17, 15) is 4.79 Å². The maximum absolute atomic E-state index is 12.3. The molecule has 3 aromatic rings. The number of amides is 1. The Labute approximate surface area is 168 Å². The van der Waals surface area contributed by atoms with E-state index in [4.69, 9.17) is 4.74 Å². The first-order valence-corrected chi connectivity index (χ1v) is 10.4. The van der Waals surface area contributed by atoms with Crippen molar-refractivity contribution >= 4 is 23.1 Å². The lowest BCUT2D eigenvalue weighted by Gasteiger charge is -2.33. The van der Waals surface area contributed by atoms with Crippen LogP contribution in [-0.2, 0) is 11.2 Å². The summed E-state index contributed by atoms with van der Waals surface area (Å²) in [4.78, 5) is 15.6. The van der Waals surface area contributed by atoms with Gasteiger partial charge in [0.15, 0.2) is 5.82 Å². The fraction of sp³-hybridized carbons (Fsp3) is 0.333. The van der Waals surface area contributed by atoms with Crippen molar-refractivity contribution in [1.29, 1.82) is 0 Å². The number of methoxy groups -OCH3 is 1. The lowest BCUT2D eigenvalue weighted by molar-refractivity contribution is -0.121. The summed E-state index contributed by atoms with van der Waals surface area (Å²) in [7, 11) is 1.66. The van der Waals surface area contributed by atoms with Gasteiger partial charge < -0.3 is 15.0 Å². The van der Waals surface area contributed by atoms with Gasteiger partial charge in [0.25, 0.3) is 0 Å². The van der Waals surface area contributed by atoms with Crippen molar-refractivity contribution in [2.45, 2.75) is 25.3 Å². The highest BCUT2D eigenvalue weighted by molar-refractivity contribution is 7.10. The fourth-order valence-electron chi connectivity index (χ4n) is 3.54. The average Bonchev–Trinajstić information content (AvgIpc) is 3.40. The van der Waals surface area contributed by atoms with Gasteiger partial charge in [-0.25, -0.2) is 0 Å². The van der Waals surface area contributed by atoms with Crippen molar-refractivity contribution in [1.82, 2.24) is 15.5 Å². The number of H-pyrrole nitrogens is 1. The largest absolute Gasteiger partial charge is 0.497 e. The molecular weight excluding hydrogens is 372 g/mol. The molecule has 3 heterocycles. The molecule has 1 amide bonds. The molecule has 1 unspecified atom stereocenters. The van der Waals surface area contributed by atoms with Crippen LogP contribution in [-0.4, -0.2) is 42.3 Å². The minimum Gasteiger partial charge on any atom is -0.497 e. The number of aromatic amines is 1. The van der Waals surface area contributed by atoms with Crippen LogP contribution >= 0.6 is 11.3 Å². The van der Waals surface area contributed by atoms with Gasteiger partial charge in [-0.2, -0.15) is 5.10 Å². The van der Waals surface area contributed by atoms with Crippen LogP contribution in [0.1, 0.15) is 17.7 Å². The number of aromatic nitrogens is 2. The first-order chi connectivity index (χ1) is 13.7. The van der Waals surface area contributed by atoms with E-state index < -0.39 is 0 Å². The number of rotatable bonds is 6. The highest BCUT2D eigenvalue weighted by Gasteiger charge is 2.23. The topological polar surface area (TPSA) is 70.2 Å². The van der Waals surface area contributed by atoms with Crippen molar-refractivity contribution in [2.75, 3.05) is 25.1 Å². The fourth-order valence-corrected chi connectivity index (χ4v) is 4.25. The summed E-state index contributed by atoms with van der Waals surface area (Å²) < 4.78 is 5.21. The maximum atomic E-state index is 12.3. The van der Waals surface area contributed by atoms with Gasteiger partial charge in [-0.1, -0.05) is 6.07 Å². The van der Waals surface area contributed by atoms with Crippen molar-refractivity contribution in [3.8, 4) is 17.0 Å². The van der Waals surface area contributed by atoms with E-state index in [2.05, 4.69) is 26.5 Å². The maximum Gasteiger partial charge on any atom is 0.225 e. The minimum atomic E-state index is 0.0928. The second-order valence-electron chi connectivity index (χ2n) is 6.98. The molecule has 7 heteroatoms. The Morgan fingerprint density at radius 1 is 1.36 bits per heavy atom. The molecular formula is C21H24N4O2S. The Bertz CT molecular complexity index is 905. The Kier molecular flexibility index (Phi) is 5.62. The zero-order valence-electron chi connectivity index (χ0n) is 15.9. The normalized spacial score (nSPS) is 16.8. The van der Waals surface area contributed by atoms with E-state index in [0.29, 0.717) is 6.42 Å². The van der Waals surface area contributed by atoms with Crippen molar-refractivity contribution in [3.63, 3.8) is 0 Å². The van der Waals surface area contributed by atoms with Gasteiger partial charge in [0.2, 0.25) is 5.91 Å². The smallest absolute Gasteiger partial charge is 0.225 e. The molecule has 0 aliphatic carbocycles. The van der Waals surface area contributed by atoms with Gasteiger partial charge in [-0.3, -0.25) is 9.89 Å². The first kappa shape index (κ1) is 18.6. The average molecular weight is 397 g/mol. The number of piperidine rings is 1. The molecule has 146 valence electrons. The molecule has 0 spiro atoms. The summed E-state index contributed by atoms with van der Waals surface area (Å²) in [5.74, 6) is 1.85. The number of hydrogen-bond donors (Lipinski definition) is 2. The molecule has 0 saturated carbocycles. The van der Waals surface area contributed by atoms with Crippen LogP contribution in [0, 0.1) is 0 Å². The molecule has 0 radical (unpaired) electrons. The number of carbonyl (C=O) groups excluding carboxylic acids is 1. The summed E-state index contributed by atoms with van der Waals surface area (Å²) in [6, 6.07) is 14.1. The van der Waals surface area contributed by atoms with E-state index in [-0.39, 0.29) is 11.9 Å². The zero-order valence-corrected chi connectivity index (χ0v) is 16.7. The van der Waals surface area contributed by atoms with Crippen molar-refractivity contribution < 1.29 is 9.53 Å². The second-order valence-corrected chi connectivity index (χ2v) is 8.01. The minimum absolute atomic E-state index is 0.0928. The third-order valence-corrected chi connectivity index (χ3v) is 5.87. The van der Waals surface area contributed by atoms with E-state index in [1.54, 1.807) is 18.4 Å². The van der Waals surface area contributed by atoms with Crippen LogP contribution in [0.4, 0.5) is 5.82 Å². The van der Waals surface area contributed by atoms with E-state index >= 15 is 0 Å². The lowest BCUT2D eigenvalue weighted by atomic mass is 10.1. The molecule has 1 aliphatic rings. The van der Waals surface area contributed by atoms with Gasteiger partial charge in [-0.05, 0) is 54.1 Å². The van der Waals surface area contributed by atoms with Gasteiger partial charge in [0.1, 0.15) is 5.75 Å². The first-order valence-electron chi connectivity index (χ1n) is 9.48. The Morgan fingerprint density at radius 3 is 2.96 bits per heavy atom. The number of anilines is 1. The number of nitrogens with zero attached hydrogens (tertiary/aromatic N) is 2. The lowest BCUT2D eigenvalue weighted by Crippen LogP contribution is -2.48. The molecule has 1 fully saturated rings. The number of ether oxygens (including phenoxy) is 1. The van der Waals surface area contributed by atoms with Gasteiger partial charge >= 0.3 is 0 Å². The van der Waals surface area contributed by atoms with Crippen molar-refractivity contribution in [3.05, 3.63) is 52.7 Å². The van der Waals surface area contributed by atoms with Gasteiger partial charge in [0.05, 0.1) is 19.2 Å². The number of thiophene rings is 1. The van der Waals surface area contributed by atoms with Gasteiger partial charge in [-0.15, -0.1) is 11.3 Å². The number of carbonyl (C=O) groups is 1. The molecule has 1 aliphatic heterocycles. The quantitative estimate of drug-likeness (QED) is 0.669. The van der Waals surface area contributed by atoms with E-state index in [0.717, 1.165) is 53.6 Å². The summed E-state index contributed by atoms with van der Waals surface area (Å²) in [6.07, 6.45) is 2.50. The monoisotopic (exact) mass is 396 g/mol. The van der Waals surface area contributed by atoms with Crippen molar-refractivity contribution in [2.24, 2.45) is 0 Å². The molecule has 2 aromatic heterocycles. The molecule has 28 heavy (non-hydrogen) atoms. The number of benzene rings is 1. The predicted molar refractivity (Wildman–Crippen MR) is 112 cm³/mol. The summed E-state index contributed by atoms with van der Waals surface area (Å²) in [5.41, 5.74) is 2.04. The Hall–Kier alpha value is -2.80. The molecule has 1 saturated heterocycles. The summed E-state index contributed by atoms with van der Waals surface area (Å²) in [6.45, 7) is 1.73. The van der Waals surface area contributed by atoms with Gasteiger partial charge in [0, 0.05) is 30.1 Å². The van der Waals surface area contributed by atoms with Crippen LogP contribution in [0.2, 0.25) is 0 Å². The Morgan fingerprint density at radius 2 is 2.21 bits per heavy atom. The predicted octanol–water partition coefficient (Wildman–Crippen LogP) is 3.47. The highest BCUT2D eigenvalue weighted by Crippen LogP contribution is 2.25. The van der Waals surface area contributed by atoms with E-state index in [1.165, 1.54) is 0 Å². The van der Waals surface area contributed by atoms with Crippen LogP contribution in [0.3, 0.4) is 0 Å². The molecule has 4 rings (SSSR count). The third-order valence-electron chi connectivity index (χ3n) is 4.99. The Balaban J connectivity index is 1.37. The molecule has 1 atom stereocenters. The molecule has 6 nitrogen and oxygen atoms in total. The highest BCUT2D eigenvalue weighted by atomic mass is 32.1. The SMILES string of the molecule is COc1ccc(-c2cc(N3CCCC(NC(=O)Cc4cccs4)C3)n[nH]2)cc1. The zero-order chi connectivity index (χ0) is 19.3. The molecule has 0 bridgehead atoms. The van der Waals surface area contributed by atoms with Crippen LogP contribution < -0.4 is 15.0 Å². The van der Waals surface area contributed by atoms with Crippen LogP contribution in [0.5, 0.6) is 5.75 Å². The standard InChI is InChI=1S/C21H24N4O2S/c1-27-17-8-6-15(7-9-17)19-13-20(24-23-19)25-10-2-4-16(14-25)22-21(26)12-18-5-3-11-28-18/h3,5-9,11,13,16H,2,4,10,12,14H2,1H3,(H,22,26)(H,23,24).